The minimum Gasteiger partial charge on any atom is -0.338 e. The van der Waals surface area contributed by atoms with Crippen LogP contribution in [0.4, 0.5) is 0 Å². The zero-order valence-corrected chi connectivity index (χ0v) is 11.2. The Balaban J connectivity index is 0.000000722. The van der Waals surface area contributed by atoms with Crippen LogP contribution in [0.1, 0.15) is 30.5 Å². The maximum Gasteiger partial charge on any atom is 0.240 e. The van der Waals surface area contributed by atoms with Crippen molar-refractivity contribution in [2.24, 2.45) is 0 Å². The number of rotatable bonds is 3. The molecule has 0 unspecified atom stereocenters. The van der Waals surface area contributed by atoms with E-state index in [0.717, 1.165) is 44.4 Å². The van der Waals surface area contributed by atoms with Crippen LogP contribution < -0.4 is 5.32 Å². The predicted molar refractivity (Wildman–Crippen MR) is 68.9 cm³/mol. The zero-order valence-electron chi connectivity index (χ0n) is 9.59. The monoisotopic (exact) mass is 280 g/mol. The zero-order chi connectivity index (χ0) is 10.1. The summed E-state index contributed by atoms with van der Waals surface area (Å²) in [6.45, 7) is 5.07. The lowest BCUT2D eigenvalue weighted by molar-refractivity contribution is 0.203. The summed E-state index contributed by atoms with van der Waals surface area (Å²) in [6, 6.07) is 0. The smallest absolute Gasteiger partial charge is 0.240 e. The molecule has 0 bridgehead atoms. The molecule has 0 aromatic carbocycles. The van der Waals surface area contributed by atoms with E-state index >= 15 is 0 Å². The van der Waals surface area contributed by atoms with Crippen LogP contribution in [0.15, 0.2) is 4.52 Å². The number of hydrogen-bond acceptors (Lipinski definition) is 5. The molecule has 0 atom stereocenters. The Morgan fingerprint density at radius 3 is 2.59 bits per heavy atom. The largest absolute Gasteiger partial charge is 0.338 e. The van der Waals surface area contributed by atoms with Crippen molar-refractivity contribution >= 4 is 24.8 Å². The molecule has 2 heterocycles. The van der Waals surface area contributed by atoms with Crippen molar-refractivity contribution in [1.29, 1.82) is 0 Å². The van der Waals surface area contributed by atoms with Crippen LogP contribution in [-0.2, 0) is 6.54 Å². The van der Waals surface area contributed by atoms with E-state index in [0.29, 0.717) is 5.92 Å². The van der Waals surface area contributed by atoms with Crippen molar-refractivity contribution in [3.05, 3.63) is 11.7 Å². The van der Waals surface area contributed by atoms with Crippen molar-refractivity contribution in [1.82, 2.24) is 20.4 Å². The van der Waals surface area contributed by atoms with Gasteiger partial charge in [0.25, 0.3) is 0 Å². The Bertz CT molecular complexity index is 337. The summed E-state index contributed by atoms with van der Waals surface area (Å²) in [5.41, 5.74) is 0. The lowest BCUT2D eigenvalue weighted by Gasteiger charge is -2.25. The highest BCUT2D eigenvalue weighted by molar-refractivity contribution is 5.85. The topological polar surface area (TPSA) is 54.2 Å². The molecule has 0 amide bonds. The van der Waals surface area contributed by atoms with Crippen molar-refractivity contribution < 1.29 is 4.52 Å². The third-order valence-electron chi connectivity index (χ3n) is 2.99. The molecule has 2 aliphatic rings. The molecule has 98 valence electrons. The van der Waals surface area contributed by atoms with Gasteiger partial charge in [0.15, 0.2) is 5.82 Å². The molecule has 1 N–H and O–H groups in total. The van der Waals surface area contributed by atoms with Crippen molar-refractivity contribution in [2.45, 2.75) is 25.3 Å². The van der Waals surface area contributed by atoms with Crippen LogP contribution in [0, 0.1) is 0 Å². The van der Waals surface area contributed by atoms with E-state index in [-0.39, 0.29) is 24.8 Å². The molecule has 0 spiro atoms. The second kappa shape index (κ2) is 6.54. The van der Waals surface area contributed by atoms with Gasteiger partial charge in [-0.25, -0.2) is 0 Å². The molecule has 3 rings (SSSR count). The van der Waals surface area contributed by atoms with Crippen LogP contribution in [0.25, 0.3) is 0 Å². The molecule has 2 fully saturated rings. The van der Waals surface area contributed by atoms with Gasteiger partial charge in [0.1, 0.15) is 0 Å². The van der Waals surface area contributed by atoms with Gasteiger partial charge in [0.2, 0.25) is 5.89 Å². The van der Waals surface area contributed by atoms with Crippen molar-refractivity contribution in [2.75, 3.05) is 26.2 Å². The summed E-state index contributed by atoms with van der Waals surface area (Å²) in [6.07, 6.45) is 2.46. The molecule has 1 aromatic heterocycles. The summed E-state index contributed by atoms with van der Waals surface area (Å²) in [5.74, 6) is 2.28. The first-order valence-corrected chi connectivity index (χ1v) is 5.67. The fourth-order valence-electron chi connectivity index (χ4n) is 1.90. The molecule has 1 aliphatic carbocycles. The third kappa shape index (κ3) is 3.81. The summed E-state index contributed by atoms with van der Waals surface area (Å²) < 4.78 is 5.25. The number of nitrogens with zero attached hydrogens (tertiary/aromatic N) is 3. The van der Waals surface area contributed by atoms with Gasteiger partial charge in [-0.2, -0.15) is 4.98 Å². The maximum atomic E-state index is 5.25. The van der Waals surface area contributed by atoms with Gasteiger partial charge >= 0.3 is 0 Å². The van der Waals surface area contributed by atoms with Gasteiger partial charge < -0.3 is 9.84 Å². The van der Waals surface area contributed by atoms with E-state index in [1.165, 1.54) is 12.8 Å². The first-order valence-electron chi connectivity index (χ1n) is 5.67. The molecule has 0 radical (unpaired) electrons. The Hall–Kier alpha value is -0.360. The fraction of sp³-hybridized carbons (Fsp3) is 0.800. The second-order valence-corrected chi connectivity index (χ2v) is 4.35. The van der Waals surface area contributed by atoms with Crippen molar-refractivity contribution in [3.63, 3.8) is 0 Å². The van der Waals surface area contributed by atoms with Gasteiger partial charge in [0.05, 0.1) is 6.54 Å². The first kappa shape index (κ1) is 14.7. The SMILES string of the molecule is C1CN(Cc2nc(C3CC3)no2)CCN1.Cl.Cl. The quantitative estimate of drug-likeness (QED) is 0.902. The minimum atomic E-state index is 0. The molecule has 7 heteroatoms. The van der Waals surface area contributed by atoms with Gasteiger partial charge in [-0.1, -0.05) is 5.16 Å². The van der Waals surface area contributed by atoms with Crippen LogP contribution in [-0.4, -0.2) is 41.2 Å². The predicted octanol–water partition coefficient (Wildman–Crippen LogP) is 1.20. The molecule has 5 nitrogen and oxygen atoms in total. The molecule has 1 aliphatic heterocycles. The van der Waals surface area contributed by atoms with E-state index in [9.17, 15) is 0 Å². The number of piperazine rings is 1. The normalized spacial score (nSPS) is 20.5. The maximum absolute atomic E-state index is 5.25. The molecular formula is C10H18Cl2N4O. The van der Waals surface area contributed by atoms with E-state index in [1.807, 2.05) is 0 Å². The van der Waals surface area contributed by atoms with Gasteiger partial charge in [-0.3, -0.25) is 4.90 Å². The highest BCUT2D eigenvalue weighted by atomic mass is 35.5. The standard InChI is InChI=1S/C10H16N4O.2ClH/c1-2-8(1)10-12-9(15-13-10)7-14-5-3-11-4-6-14;;/h8,11H,1-7H2;2*1H. The summed E-state index contributed by atoms with van der Waals surface area (Å²) in [4.78, 5) is 6.77. The summed E-state index contributed by atoms with van der Waals surface area (Å²) in [7, 11) is 0. The lowest BCUT2D eigenvalue weighted by atomic mass is 10.3. The van der Waals surface area contributed by atoms with Gasteiger partial charge in [-0.15, -0.1) is 24.8 Å². The molecule has 1 saturated heterocycles. The number of aromatic nitrogens is 2. The lowest BCUT2D eigenvalue weighted by Crippen LogP contribution is -2.42. The second-order valence-electron chi connectivity index (χ2n) is 4.35. The summed E-state index contributed by atoms with van der Waals surface area (Å²) >= 11 is 0. The highest BCUT2D eigenvalue weighted by Gasteiger charge is 2.29. The Kier molecular flexibility index (Phi) is 5.66. The molecule has 1 saturated carbocycles. The number of hydrogen-bond donors (Lipinski definition) is 1. The van der Waals surface area contributed by atoms with Crippen molar-refractivity contribution in [3.8, 4) is 0 Å². The average molecular weight is 281 g/mol. The van der Waals surface area contributed by atoms with Crippen LogP contribution in [0.5, 0.6) is 0 Å². The Morgan fingerprint density at radius 1 is 1.24 bits per heavy atom. The van der Waals surface area contributed by atoms with Crippen LogP contribution in [0.3, 0.4) is 0 Å². The highest BCUT2D eigenvalue weighted by Crippen LogP contribution is 2.38. The molecular weight excluding hydrogens is 263 g/mol. The molecule has 17 heavy (non-hydrogen) atoms. The van der Waals surface area contributed by atoms with Crippen LogP contribution >= 0.6 is 24.8 Å². The van der Waals surface area contributed by atoms with Gasteiger partial charge in [-0.05, 0) is 12.8 Å². The van der Waals surface area contributed by atoms with E-state index in [1.54, 1.807) is 0 Å². The number of halogens is 2. The average Bonchev–Trinajstić information content (AvgIpc) is 3.02. The first-order chi connectivity index (χ1) is 7.42. The van der Waals surface area contributed by atoms with E-state index in [4.69, 9.17) is 4.52 Å². The Labute approximate surface area is 113 Å². The third-order valence-corrected chi connectivity index (χ3v) is 2.99. The fourth-order valence-corrected chi connectivity index (χ4v) is 1.90. The minimum absolute atomic E-state index is 0. The van der Waals surface area contributed by atoms with E-state index < -0.39 is 0 Å². The Morgan fingerprint density at radius 2 is 1.94 bits per heavy atom. The molecule has 1 aromatic rings. The van der Waals surface area contributed by atoms with Crippen LogP contribution in [0.2, 0.25) is 0 Å². The van der Waals surface area contributed by atoms with E-state index in [2.05, 4.69) is 20.4 Å². The summed E-state index contributed by atoms with van der Waals surface area (Å²) in [5, 5.41) is 7.34. The number of nitrogens with one attached hydrogen (secondary N) is 1. The van der Waals surface area contributed by atoms with Gasteiger partial charge in [0, 0.05) is 32.1 Å².